The van der Waals surface area contributed by atoms with Crippen LogP contribution in [0, 0.1) is 18.6 Å². The lowest BCUT2D eigenvalue weighted by atomic mass is 10.3. The van der Waals surface area contributed by atoms with Crippen LogP contribution in [0.15, 0.2) is 16.6 Å². The van der Waals surface area contributed by atoms with E-state index >= 15 is 0 Å². The van der Waals surface area contributed by atoms with Gasteiger partial charge in [0.1, 0.15) is 11.6 Å². The summed E-state index contributed by atoms with van der Waals surface area (Å²) in [6.07, 6.45) is 0. The summed E-state index contributed by atoms with van der Waals surface area (Å²) >= 11 is 9.20. The van der Waals surface area contributed by atoms with Gasteiger partial charge in [0.25, 0.3) is 0 Å². The molecule has 1 N–H and O–H groups in total. The highest BCUT2D eigenvalue weighted by Crippen LogP contribution is 2.26. The normalized spacial score (nSPS) is 10.9. The SMILES string of the molecule is CCn1nc(C)c(Cl)c1CNc1cc(Br)c(F)cc1F. The molecule has 1 aromatic heterocycles. The number of nitrogens with one attached hydrogen (secondary N) is 1. The third kappa shape index (κ3) is 2.96. The quantitative estimate of drug-likeness (QED) is 0.809. The van der Waals surface area contributed by atoms with Crippen molar-refractivity contribution < 1.29 is 8.78 Å². The average Bonchev–Trinajstić information content (AvgIpc) is 2.68. The average molecular weight is 365 g/mol. The summed E-state index contributed by atoms with van der Waals surface area (Å²) in [6.45, 7) is 4.73. The van der Waals surface area contributed by atoms with Crippen molar-refractivity contribution in [3.63, 3.8) is 0 Å². The fourth-order valence-electron chi connectivity index (χ4n) is 1.87. The minimum atomic E-state index is -0.652. The molecule has 1 aromatic carbocycles. The zero-order chi connectivity index (χ0) is 14.9. The fraction of sp³-hybridized carbons (Fsp3) is 0.308. The number of anilines is 1. The molecule has 0 amide bonds. The standard InChI is InChI=1S/C13H13BrClF2N3/c1-3-20-12(13(15)7(2)19-20)6-18-11-4-8(14)9(16)5-10(11)17/h4-5,18H,3,6H2,1-2H3. The highest BCUT2D eigenvalue weighted by atomic mass is 79.9. The molecule has 0 radical (unpaired) electrons. The number of nitrogens with zero attached hydrogens (tertiary/aromatic N) is 2. The maximum absolute atomic E-state index is 13.6. The zero-order valence-corrected chi connectivity index (χ0v) is 13.3. The van der Waals surface area contributed by atoms with Gasteiger partial charge >= 0.3 is 0 Å². The number of hydrogen-bond donors (Lipinski definition) is 1. The van der Waals surface area contributed by atoms with Gasteiger partial charge < -0.3 is 5.32 Å². The van der Waals surface area contributed by atoms with Crippen LogP contribution in [0.5, 0.6) is 0 Å². The fourth-order valence-corrected chi connectivity index (χ4v) is 2.42. The first-order valence-electron chi connectivity index (χ1n) is 6.04. The summed E-state index contributed by atoms with van der Waals surface area (Å²) in [4.78, 5) is 0. The summed E-state index contributed by atoms with van der Waals surface area (Å²) in [5, 5.41) is 7.74. The second-order valence-electron chi connectivity index (χ2n) is 4.26. The van der Waals surface area contributed by atoms with E-state index in [1.54, 1.807) is 4.68 Å². The second-order valence-corrected chi connectivity index (χ2v) is 5.49. The predicted molar refractivity (Wildman–Crippen MR) is 79.0 cm³/mol. The molecule has 2 rings (SSSR count). The number of aryl methyl sites for hydroxylation is 2. The number of benzene rings is 1. The Labute approximate surface area is 129 Å². The van der Waals surface area contributed by atoms with Gasteiger partial charge in [0, 0.05) is 12.6 Å². The maximum atomic E-state index is 13.6. The Morgan fingerprint density at radius 3 is 2.70 bits per heavy atom. The Morgan fingerprint density at radius 1 is 1.35 bits per heavy atom. The predicted octanol–water partition coefficient (Wildman–Crippen LogP) is 4.52. The molecule has 20 heavy (non-hydrogen) atoms. The van der Waals surface area contributed by atoms with Crippen LogP contribution in [-0.2, 0) is 13.1 Å². The number of hydrogen-bond acceptors (Lipinski definition) is 2. The molecule has 1 heterocycles. The number of rotatable bonds is 4. The van der Waals surface area contributed by atoms with Crippen molar-refractivity contribution in [2.75, 3.05) is 5.32 Å². The van der Waals surface area contributed by atoms with Crippen molar-refractivity contribution in [3.8, 4) is 0 Å². The van der Waals surface area contributed by atoms with Crippen LogP contribution in [-0.4, -0.2) is 9.78 Å². The third-order valence-electron chi connectivity index (χ3n) is 2.91. The Bertz CT molecular complexity index is 643. The van der Waals surface area contributed by atoms with Gasteiger partial charge in [0.2, 0.25) is 0 Å². The first-order chi connectivity index (χ1) is 9.43. The molecule has 7 heteroatoms. The molecule has 0 fully saturated rings. The van der Waals surface area contributed by atoms with Gasteiger partial charge in [-0.15, -0.1) is 0 Å². The van der Waals surface area contributed by atoms with Gasteiger partial charge in [-0.2, -0.15) is 5.10 Å². The topological polar surface area (TPSA) is 29.9 Å². The van der Waals surface area contributed by atoms with Crippen LogP contribution >= 0.6 is 27.5 Å². The number of halogens is 4. The van der Waals surface area contributed by atoms with E-state index in [9.17, 15) is 8.78 Å². The van der Waals surface area contributed by atoms with Crippen molar-refractivity contribution in [2.24, 2.45) is 0 Å². The van der Waals surface area contributed by atoms with Gasteiger partial charge in [0.05, 0.1) is 33.1 Å². The maximum Gasteiger partial charge on any atom is 0.149 e. The van der Waals surface area contributed by atoms with Crippen molar-refractivity contribution in [3.05, 3.63) is 44.7 Å². The van der Waals surface area contributed by atoms with Crippen molar-refractivity contribution in [2.45, 2.75) is 26.9 Å². The molecule has 0 saturated carbocycles. The molecular weight excluding hydrogens is 352 g/mol. The minimum absolute atomic E-state index is 0.202. The van der Waals surface area contributed by atoms with Crippen LogP contribution in [0.4, 0.5) is 14.5 Å². The highest BCUT2D eigenvalue weighted by Gasteiger charge is 2.14. The zero-order valence-electron chi connectivity index (χ0n) is 11.0. The molecule has 0 aliphatic rings. The van der Waals surface area contributed by atoms with Gasteiger partial charge in [-0.1, -0.05) is 11.6 Å². The molecule has 0 aliphatic carbocycles. The van der Waals surface area contributed by atoms with Crippen LogP contribution < -0.4 is 5.32 Å². The summed E-state index contributed by atoms with van der Waals surface area (Å²) < 4.78 is 28.8. The van der Waals surface area contributed by atoms with Crippen LogP contribution in [0.2, 0.25) is 5.02 Å². The molecule has 0 saturated heterocycles. The summed E-state index contributed by atoms with van der Waals surface area (Å²) in [7, 11) is 0. The van der Waals surface area contributed by atoms with E-state index in [-0.39, 0.29) is 10.2 Å². The van der Waals surface area contributed by atoms with E-state index in [1.165, 1.54) is 6.07 Å². The highest BCUT2D eigenvalue weighted by molar-refractivity contribution is 9.10. The first kappa shape index (κ1) is 15.3. The van der Waals surface area contributed by atoms with Gasteiger partial charge in [-0.3, -0.25) is 4.68 Å². The lowest BCUT2D eigenvalue weighted by molar-refractivity contribution is 0.579. The molecule has 108 valence electrons. The van der Waals surface area contributed by atoms with Crippen molar-refractivity contribution in [1.29, 1.82) is 0 Å². The number of aromatic nitrogens is 2. The van der Waals surface area contributed by atoms with Crippen molar-refractivity contribution >= 4 is 33.2 Å². The Kier molecular flexibility index (Phi) is 4.65. The van der Waals surface area contributed by atoms with E-state index in [0.29, 0.717) is 18.1 Å². The van der Waals surface area contributed by atoms with Crippen molar-refractivity contribution in [1.82, 2.24) is 9.78 Å². The third-order valence-corrected chi connectivity index (χ3v) is 4.01. The first-order valence-corrected chi connectivity index (χ1v) is 7.21. The summed E-state index contributed by atoms with van der Waals surface area (Å²) in [5.74, 6) is -1.29. The molecule has 0 unspecified atom stereocenters. The molecule has 0 bridgehead atoms. The smallest absolute Gasteiger partial charge is 0.149 e. The summed E-state index contributed by atoms with van der Waals surface area (Å²) in [6, 6.07) is 2.19. The minimum Gasteiger partial charge on any atom is -0.377 e. The lowest BCUT2D eigenvalue weighted by Crippen LogP contribution is -2.09. The van der Waals surface area contributed by atoms with Gasteiger partial charge in [0.15, 0.2) is 0 Å². The Hall–Kier alpha value is -1.14. The van der Waals surface area contributed by atoms with E-state index < -0.39 is 11.6 Å². The van der Waals surface area contributed by atoms with E-state index in [2.05, 4.69) is 26.3 Å². The Morgan fingerprint density at radius 2 is 2.05 bits per heavy atom. The molecule has 0 aliphatic heterocycles. The van der Waals surface area contributed by atoms with Crippen LogP contribution in [0.3, 0.4) is 0 Å². The molecule has 0 spiro atoms. The van der Waals surface area contributed by atoms with Crippen LogP contribution in [0.25, 0.3) is 0 Å². The largest absolute Gasteiger partial charge is 0.377 e. The second kappa shape index (κ2) is 6.10. The van der Waals surface area contributed by atoms with E-state index in [1.807, 2.05) is 13.8 Å². The van der Waals surface area contributed by atoms with Crippen LogP contribution in [0.1, 0.15) is 18.3 Å². The lowest BCUT2D eigenvalue weighted by Gasteiger charge is -2.10. The van der Waals surface area contributed by atoms with Gasteiger partial charge in [-0.05, 0) is 35.8 Å². The molecule has 0 atom stereocenters. The van der Waals surface area contributed by atoms with E-state index in [0.717, 1.165) is 17.5 Å². The summed E-state index contributed by atoms with van der Waals surface area (Å²) in [5.41, 5.74) is 1.70. The molecule has 2 aromatic rings. The molecule has 3 nitrogen and oxygen atoms in total. The Balaban J connectivity index is 2.23. The molecular formula is C13H13BrClF2N3. The monoisotopic (exact) mass is 363 g/mol. The van der Waals surface area contributed by atoms with E-state index in [4.69, 9.17) is 11.6 Å². The van der Waals surface area contributed by atoms with Gasteiger partial charge in [-0.25, -0.2) is 8.78 Å².